The Labute approximate surface area is 136 Å². The van der Waals surface area contributed by atoms with E-state index in [1.807, 2.05) is 0 Å². The molecule has 23 heavy (non-hydrogen) atoms. The second kappa shape index (κ2) is 6.62. The zero-order valence-electron chi connectivity index (χ0n) is 11.8. The number of hydrogen-bond donors (Lipinski definition) is 0. The van der Waals surface area contributed by atoms with Crippen molar-refractivity contribution in [3.63, 3.8) is 0 Å². The van der Waals surface area contributed by atoms with E-state index in [1.165, 1.54) is 12.1 Å². The summed E-state index contributed by atoms with van der Waals surface area (Å²) in [4.78, 5) is 11.9. The lowest BCUT2D eigenvalue weighted by atomic mass is 10.1. The van der Waals surface area contributed by atoms with Crippen LogP contribution >= 0.6 is 11.6 Å². The average molecular weight is 332 g/mol. The third kappa shape index (κ3) is 3.57. The Balaban J connectivity index is 1.70. The number of rotatable bonds is 4. The quantitative estimate of drug-likeness (QED) is 0.661. The fourth-order valence-electron chi connectivity index (χ4n) is 2.01. The van der Waals surface area contributed by atoms with Crippen LogP contribution in [0.15, 0.2) is 59.1 Å². The number of aromatic nitrogens is 1. The average Bonchev–Trinajstić information content (AvgIpc) is 3.03. The van der Waals surface area contributed by atoms with Crippen LogP contribution in [0.3, 0.4) is 0 Å². The highest BCUT2D eigenvalue weighted by Crippen LogP contribution is 2.22. The number of halogens is 2. The van der Waals surface area contributed by atoms with Crippen molar-refractivity contribution < 1.29 is 18.4 Å². The van der Waals surface area contributed by atoms with E-state index >= 15 is 0 Å². The molecule has 0 atom stereocenters. The van der Waals surface area contributed by atoms with Crippen molar-refractivity contribution in [2.75, 3.05) is 0 Å². The van der Waals surface area contributed by atoms with E-state index in [-0.39, 0.29) is 23.6 Å². The van der Waals surface area contributed by atoms with Crippen LogP contribution in [-0.2, 0) is 11.3 Å². The number of carbonyl (C=O) groups excluding carboxylic acids is 1. The molecule has 3 aromatic rings. The van der Waals surface area contributed by atoms with Crippen molar-refractivity contribution in [2.24, 2.45) is 0 Å². The summed E-state index contributed by atoms with van der Waals surface area (Å²) in [5.41, 5.74) is 1.24. The number of ether oxygens (including phenoxy) is 1. The SMILES string of the molecule is O=C(OCc1cccc(Cl)c1)c1cc(-c2ccccc2F)no1. The molecule has 0 amide bonds. The Kier molecular flexibility index (Phi) is 4.39. The highest BCUT2D eigenvalue weighted by molar-refractivity contribution is 6.30. The van der Waals surface area contributed by atoms with Crippen LogP contribution in [0, 0.1) is 5.82 Å². The summed E-state index contributed by atoms with van der Waals surface area (Å²) in [5, 5.41) is 4.26. The van der Waals surface area contributed by atoms with E-state index in [0.29, 0.717) is 5.02 Å². The molecule has 0 fully saturated rings. The zero-order chi connectivity index (χ0) is 16.2. The molecule has 116 valence electrons. The summed E-state index contributed by atoms with van der Waals surface area (Å²) in [6, 6.07) is 14.4. The molecule has 0 radical (unpaired) electrons. The Morgan fingerprint density at radius 2 is 2.00 bits per heavy atom. The van der Waals surface area contributed by atoms with Gasteiger partial charge in [0, 0.05) is 16.7 Å². The summed E-state index contributed by atoms with van der Waals surface area (Å²) in [6.45, 7) is 0.0507. The van der Waals surface area contributed by atoms with E-state index in [1.54, 1.807) is 42.5 Å². The van der Waals surface area contributed by atoms with Gasteiger partial charge in [-0.25, -0.2) is 9.18 Å². The zero-order valence-corrected chi connectivity index (χ0v) is 12.6. The molecule has 0 saturated heterocycles. The van der Waals surface area contributed by atoms with Crippen LogP contribution in [0.1, 0.15) is 16.1 Å². The van der Waals surface area contributed by atoms with Gasteiger partial charge in [-0.05, 0) is 29.8 Å². The molecule has 0 unspecified atom stereocenters. The fourth-order valence-corrected chi connectivity index (χ4v) is 2.23. The van der Waals surface area contributed by atoms with Gasteiger partial charge in [-0.3, -0.25) is 0 Å². The lowest BCUT2D eigenvalue weighted by Gasteiger charge is -2.02. The van der Waals surface area contributed by atoms with Crippen molar-refractivity contribution in [3.8, 4) is 11.3 Å². The second-order valence-corrected chi connectivity index (χ2v) is 5.20. The van der Waals surface area contributed by atoms with Gasteiger partial charge >= 0.3 is 5.97 Å². The molecule has 0 aliphatic carbocycles. The van der Waals surface area contributed by atoms with Gasteiger partial charge in [0.25, 0.3) is 0 Å². The lowest BCUT2D eigenvalue weighted by molar-refractivity contribution is 0.0426. The summed E-state index contributed by atoms with van der Waals surface area (Å²) in [7, 11) is 0. The van der Waals surface area contributed by atoms with E-state index in [4.69, 9.17) is 20.9 Å². The molecule has 0 aliphatic heterocycles. The van der Waals surface area contributed by atoms with Crippen LogP contribution in [0.5, 0.6) is 0 Å². The number of esters is 1. The first-order chi connectivity index (χ1) is 11.1. The van der Waals surface area contributed by atoms with Gasteiger partial charge in [-0.2, -0.15) is 0 Å². The molecule has 2 aromatic carbocycles. The van der Waals surface area contributed by atoms with Gasteiger partial charge in [-0.1, -0.05) is 41.0 Å². The highest BCUT2D eigenvalue weighted by atomic mass is 35.5. The number of nitrogens with zero attached hydrogens (tertiary/aromatic N) is 1. The third-order valence-corrected chi connectivity index (χ3v) is 3.36. The largest absolute Gasteiger partial charge is 0.455 e. The minimum atomic E-state index is -0.680. The number of hydrogen-bond acceptors (Lipinski definition) is 4. The highest BCUT2D eigenvalue weighted by Gasteiger charge is 2.17. The summed E-state index contributed by atoms with van der Waals surface area (Å²) in [5.74, 6) is -1.22. The smallest absolute Gasteiger partial charge is 0.377 e. The Bertz CT molecular complexity index is 847. The topological polar surface area (TPSA) is 52.3 Å². The minimum absolute atomic E-state index is 0.0507. The minimum Gasteiger partial charge on any atom is -0.455 e. The van der Waals surface area contributed by atoms with E-state index in [9.17, 15) is 9.18 Å². The lowest BCUT2D eigenvalue weighted by Crippen LogP contribution is -2.03. The van der Waals surface area contributed by atoms with E-state index < -0.39 is 11.8 Å². The summed E-state index contributed by atoms with van der Waals surface area (Å²) >= 11 is 5.86. The first kappa shape index (κ1) is 15.2. The van der Waals surface area contributed by atoms with E-state index in [2.05, 4.69) is 5.16 Å². The molecule has 0 saturated carbocycles. The molecule has 0 aliphatic rings. The normalized spacial score (nSPS) is 10.5. The second-order valence-electron chi connectivity index (χ2n) is 4.76. The molecule has 1 aromatic heterocycles. The van der Waals surface area contributed by atoms with Gasteiger partial charge in [0.1, 0.15) is 18.1 Å². The molecule has 0 N–H and O–H groups in total. The molecular weight excluding hydrogens is 321 g/mol. The Morgan fingerprint density at radius 3 is 2.78 bits per heavy atom. The van der Waals surface area contributed by atoms with Crippen LogP contribution < -0.4 is 0 Å². The Morgan fingerprint density at radius 1 is 1.17 bits per heavy atom. The summed E-state index contributed by atoms with van der Waals surface area (Å²) < 4.78 is 23.7. The maximum Gasteiger partial charge on any atom is 0.377 e. The maximum absolute atomic E-state index is 13.7. The first-order valence-corrected chi connectivity index (χ1v) is 7.14. The van der Waals surface area contributed by atoms with Crippen LogP contribution in [0.25, 0.3) is 11.3 Å². The molecule has 0 spiro atoms. The molecule has 0 bridgehead atoms. The molecule has 4 nitrogen and oxygen atoms in total. The number of carbonyl (C=O) groups is 1. The molecule has 1 heterocycles. The predicted octanol–water partition coefficient (Wildman–Crippen LogP) is 4.49. The molecule has 3 rings (SSSR count). The van der Waals surface area contributed by atoms with Crippen LogP contribution in [0.4, 0.5) is 4.39 Å². The molecule has 6 heteroatoms. The van der Waals surface area contributed by atoms with Gasteiger partial charge in [-0.15, -0.1) is 0 Å². The standard InChI is InChI=1S/C17H11ClFNO3/c18-12-5-3-4-11(8-12)10-22-17(21)16-9-15(20-23-16)13-6-1-2-7-14(13)19/h1-9H,10H2. The monoisotopic (exact) mass is 331 g/mol. The van der Waals surface area contributed by atoms with Crippen molar-refractivity contribution >= 4 is 17.6 Å². The maximum atomic E-state index is 13.7. The summed E-state index contributed by atoms with van der Waals surface area (Å²) in [6.07, 6.45) is 0. The first-order valence-electron chi connectivity index (χ1n) is 6.76. The van der Waals surface area contributed by atoms with Crippen molar-refractivity contribution in [1.82, 2.24) is 5.16 Å². The van der Waals surface area contributed by atoms with Crippen molar-refractivity contribution in [1.29, 1.82) is 0 Å². The molecular formula is C17H11ClFNO3. The van der Waals surface area contributed by atoms with Gasteiger partial charge in [0.2, 0.25) is 5.76 Å². The predicted molar refractivity (Wildman–Crippen MR) is 82.5 cm³/mol. The van der Waals surface area contributed by atoms with Gasteiger partial charge in [0.15, 0.2) is 0 Å². The van der Waals surface area contributed by atoms with Crippen LogP contribution in [-0.4, -0.2) is 11.1 Å². The van der Waals surface area contributed by atoms with Gasteiger partial charge in [0.05, 0.1) is 0 Å². The fraction of sp³-hybridized carbons (Fsp3) is 0.0588. The van der Waals surface area contributed by atoms with Gasteiger partial charge < -0.3 is 9.26 Å². The van der Waals surface area contributed by atoms with Crippen molar-refractivity contribution in [2.45, 2.75) is 6.61 Å². The third-order valence-electron chi connectivity index (χ3n) is 3.12. The van der Waals surface area contributed by atoms with Crippen LogP contribution in [0.2, 0.25) is 5.02 Å². The van der Waals surface area contributed by atoms with E-state index in [0.717, 1.165) is 5.56 Å². The Hall–Kier alpha value is -2.66. The number of benzene rings is 2. The van der Waals surface area contributed by atoms with Crippen molar-refractivity contribution in [3.05, 3.63) is 76.8 Å².